The Balaban J connectivity index is 2.24. The van der Waals surface area contributed by atoms with Crippen molar-refractivity contribution in [3.8, 4) is 16.9 Å². The summed E-state index contributed by atoms with van der Waals surface area (Å²) in [6.07, 6.45) is 1.07. The predicted octanol–water partition coefficient (Wildman–Crippen LogP) is 4.39. The predicted molar refractivity (Wildman–Crippen MR) is 85.0 cm³/mol. The first-order valence-electron chi connectivity index (χ1n) is 7.47. The zero-order chi connectivity index (χ0) is 15.1. The summed E-state index contributed by atoms with van der Waals surface area (Å²) in [5.41, 5.74) is 2.33. The number of para-hydroxylation sites is 1. The lowest BCUT2D eigenvalue weighted by Gasteiger charge is -2.12. The molecule has 2 nitrogen and oxygen atoms in total. The summed E-state index contributed by atoms with van der Waals surface area (Å²) in [4.78, 5) is 0. The molecule has 0 saturated carbocycles. The first kappa shape index (κ1) is 15.5. The molecule has 1 N–H and O–H groups in total. The summed E-state index contributed by atoms with van der Waals surface area (Å²) in [7, 11) is 0. The molecule has 0 aliphatic heterocycles. The summed E-state index contributed by atoms with van der Waals surface area (Å²) < 4.78 is 20.0. The van der Waals surface area contributed by atoms with Gasteiger partial charge in [-0.15, -0.1) is 0 Å². The highest BCUT2D eigenvalue weighted by Gasteiger charge is 2.10. The Morgan fingerprint density at radius 2 is 1.86 bits per heavy atom. The zero-order valence-electron chi connectivity index (χ0n) is 12.7. The lowest BCUT2D eigenvalue weighted by atomic mass is 10.0. The molecule has 0 radical (unpaired) electrons. The van der Waals surface area contributed by atoms with Crippen molar-refractivity contribution in [2.45, 2.75) is 26.8 Å². The number of rotatable bonds is 7. The summed E-state index contributed by atoms with van der Waals surface area (Å²) in [5, 5.41) is 3.28. The molecule has 0 atom stereocenters. The summed E-state index contributed by atoms with van der Waals surface area (Å²) in [6.45, 7) is 6.24. The molecule has 0 saturated heterocycles. The molecule has 3 heteroatoms. The van der Waals surface area contributed by atoms with Crippen molar-refractivity contribution in [2.75, 3.05) is 13.2 Å². The fraction of sp³-hybridized carbons (Fsp3) is 0.333. The van der Waals surface area contributed by atoms with Crippen LogP contribution in [-0.2, 0) is 6.54 Å². The van der Waals surface area contributed by atoms with E-state index < -0.39 is 0 Å². The number of nitrogens with one attached hydrogen (secondary N) is 1. The number of halogens is 1. The minimum atomic E-state index is -0.210. The highest BCUT2D eigenvalue weighted by Crippen LogP contribution is 2.32. The van der Waals surface area contributed by atoms with Crippen molar-refractivity contribution >= 4 is 0 Å². The smallest absolute Gasteiger partial charge is 0.131 e. The maximum Gasteiger partial charge on any atom is 0.131 e. The van der Waals surface area contributed by atoms with E-state index in [9.17, 15) is 4.39 Å². The summed E-state index contributed by atoms with van der Waals surface area (Å²) >= 11 is 0. The van der Waals surface area contributed by atoms with E-state index in [1.165, 1.54) is 0 Å². The van der Waals surface area contributed by atoms with E-state index in [4.69, 9.17) is 4.74 Å². The SMILES string of the molecule is CCCNCc1ccc(-c2ccccc2OCC)c(F)c1. The van der Waals surface area contributed by atoms with Gasteiger partial charge in [-0.3, -0.25) is 0 Å². The van der Waals surface area contributed by atoms with Crippen molar-refractivity contribution in [2.24, 2.45) is 0 Å². The minimum Gasteiger partial charge on any atom is -0.493 e. The molecule has 0 aliphatic carbocycles. The van der Waals surface area contributed by atoms with Gasteiger partial charge in [0.05, 0.1) is 6.61 Å². The Morgan fingerprint density at radius 3 is 2.57 bits per heavy atom. The van der Waals surface area contributed by atoms with Gasteiger partial charge >= 0.3 is 0 Å². The Labute approximate surface area is 126 Å². The molecule has 0 fully saturated rings. The fourth-order valence-electron chi connectivity index (χ4n) is 2.27. The number of hydrogen-bond donors (Lipinski definition) is 1. The van der Waals surface area contributed by atoms with Crippen LogP contribution in [0.25, 0.3) is 11.1 Å². The largest absolute Gasteiger partial charge is 0.493 e. The fourth-order valence-corrected chi connectivity index (χ4v) is 2.27. The molecule has 0 bridgehead atoms. The van der Waals surface area contributed by atoms with Gasteiger partial charge in [0.15, 0.2) is 0 Å². The van der Waals surface area contributed by atoms with Gasteiger partial charge < -0.3 is 10.1 Å². The molecule has 2 aromatic rings. The van der Waals surface area contributed by atoms with Gasteiger partial charge in [-0.05, 0) is 37.6 Å². The topological polar surface area (TPSA) is 21.3 Å². The van der Waals surface area contributed by atoms with Crippen molar-refractivity contribution in [1.82, 2.24) is 5.32 Å². The van der Waals surface area contributed by atoms with Gasteiger partial charge in [0.2, 0.25) is 0 Å². The highest BCUT2D eigenvalue weighted by molar-refractivity contribution is 5.71. The molecule has 2 aromatic carbocycles. The van der Waals surface area contributed by atoms with E-state index in [0.29, 0.717) is 18.7 Å². The van der Waals surface area contributed by atoms with Crippen LogP contribution in [0.2, 0.25) is 0 Å². The van der Waals surface area contributed by atoms with Crippen molar-refractivity contribution in [3.05, 3.63) is 53.8 Å². The second kappa shape index (κ2) is 7.79. The van der Waals surface area contributed by atoms with E-state index in [1.54, 1.807) is 6.07 Å². The summed E-state index contributed by atoms with van der Waals surface area (Å²) in [5.74, 6) is 0.508. The van der Waals surface area contributed by atoms with Gasteiger partial charge in [0.1, 0.15) is 11.6 Å². The van der Waals surface area contributed by atoms with Crippen LogP contribution in [-0.4, -0.2) is 13.2 Å². The van der Waals surface area contributed by atoms with Gasteiger partial charge in [0, 0.05) is 17.7 Å². The third-order valence-corrected chi connectivity index (χ3v) is 3.27. The molecule has 0 unspecified atom stereocenters. The Bertz CT molecular complexity index is 583. The van der Waals surface area contributed by atoms with Crippen LogP contribution in [0, 0.1) is 5.82 Å². The van der Waals surface area contributed by atoms with Crippen LogP contribution in [0.5, 0.6) is 5.75 Å². The molecule has 21 heavy (non-hydrogen) atoms. The highest BCUT2D eigenvalue weighted by atomic mass is 19.1. The van der Waals surface area contributed by atoms with Crippen LogP contribution in [0.3, 0.4) is 0 Å². The Hall–Kier alpha value is -1.87. The molecule has 0 aliphatic rings. The van der Waals surface area contributed by atoms with Gasteiger partial charge in [-0.2, -0.15) is 0 Å². The Kier molecular flexibility index (Phi) is 5.76. The van der Waals surface area contributed by atoms with Gasteiger partial charge in [0.25, 0.3) is 0 Å². The van der Waals surface area contributed by atoms with E-state index in [2.05, 4.69) is 12.2 Å². The van der Waals surface area contributed by atoms with Crippen LogP contribution >= 0.6 is 0 Å². The van der Waals surface area contributed by atoms with Gasteiger partial charge in [-0.25, -0.2) is 4.39 Å². The van der Waals surface area contributed by atoms with Crippen LogP contribution < -0.4 is 10.1 Å². The standard InChI is InChI=1S/C18H22FNO/c1-3-11-20-13-14-9-10-15(17(19)12-14)16-7-5-6-8-18(16)21-4-2/h5-10,12,20H,3-4,11,13H2,1-2H3. The first-order valence-corrected chi connectivity index (χ1v) is 7.47. The molecule has 0 aromatic heterocycles. The van der Waals surface area contributed by atoms with E-state index in [1.807, 2.05) is 43.3 Å². The zero-order valence-corrected chi connectivity index (χ0v) is 12.7. The maximum atomic E-state index is 14.4. The van der Waals surface area contributed by atoms with Crippen LogP contribution in [0.1, 0.15) is 25.8 Å². The lowest BCUT2D eigenvalue weighted by molar-refractivity contribution is 0.341. The normalized spacial score (nSPS) is 10.6. The Morgan fingerprint density at radius 1 is 1.05 bits per heavy atom. The lowest BCUT2D eigenvalue weighted by Crippen LogP contribution is -2.13. The average Bonchev–Trinajstić information content (AvgIpc) is 2.49. The van der Waals surface area contributed by atoms with E-state index in [-0.39, 0.29) is 5.82 Å². The molecule has 0 heterocycles. The van der Waals surface area contributed by atoms with Gasteiger partial charge in [-0.1, -0.05) is 37.3 Å². The second-order valence-corrected chi connectivity index (χ2v) is 4.92. The molecular formula is C18H22FNO. The maximum absolute atomic E-state index is 14.4. The minimum absolute atomic E-state index is 0.210. The van der Waals surface area contributed by atoms with Crippen molar-refractivity contribution < 1.29 is 9.13 Å². The van der Waals surface area contributed by atoms with Crippen LogP contribution in [0.15, 0.2) is 42.5 Å². The summed E-state index contributed by atoms with van der Waals surface area (Å²) in [6, 6.07) is 12.9. The monoisotopic (exact) mass is 287 g/mol. The van der Waals surface area contributed by atoms with Crippen molar-refractivity contribution in [1.29, 1.82) is 0 Å². The first-order chi connectivity index (χ1) is 10.3. The number of ether oxygens (including phenoxy) is 1. The molecular weight excluding hydrogens is 265 g/mol. The van der Waals surface area contributed by atoms with E-state index in [0.717, 1.165) is 29.8 Å². The molecule has 2 rings (SSSR count). The third-order valence-electron chi connectivity index (χ3n) is 3.27. The van der Waals surface area contributed by atoms with Crippen LogP contribution in [0.4, 0.5) is 4.39 Å². The number of hydrogen-bond acceptors (Lipinski definition) is 2. The molecule has 112 valence electrons. The van der Waals surface area contributed by atoms with E-state index >= 15 is 0 Å². The van der Waals surface area contributed by atoms with Crippen molar-refractivity contribution in [3.63, 3.8) is 0 Å². The molecule has 0 amide bonds. The second-order valence-electron chi connectivity index (χ2n) is 4.92. The third kappa shape index (κ3) is 4.05. The number of benzene rings is 2. The molecule has 0 spiro atoms. The average molecular weight is 287 g/mol. The quantitative estimate of drug-likeness (QED) is 0.763.